The third kappa shape index (κ3) is 4.73. The summed E-state index contributed by atoms with van der Waals surface area (Å²) in [5.74, 6) is -1.83. The van der Waals surface area contributed by atoms with Gasteiger partial charge in [0.1, 0.15) is 0 Å². The fraction of sp³-hybridized carbons (Fsp3) is 0.286. The summed E-state index contributed by atoms with van der Waals surface area (Å²) in [6.45, 7) is 3.57. The molecule has 0 spiro atoms. The topological polar surface area (TPSA) is 77.4 Å². The van der Waals surface area contributed by atoms with Crippen LogP contribution in [0.15, 0.2) is 42.5 Å². The van der Waals surface area contributed by atoms with Gasteiger partial charge in [0.15, 0.2) is 6.61 Å². The van der Waals surface area contributed by atoms with E-state index in [1.165, 1.54) is 24.6 Å². The number of imide groups is 1. The zero-order valence-electron chi connectivity index (χ0n) is 15.4. The Hall–Kier alpha value is -3.15. The molecular weight excluding hydrogens is 344 g/mol. The highest BCUT2D eigenvalue weighted by Crippen LogP contribution is 2.38. The van der Waals surface area contributed by atoms with Gasteiger partial charge in [-0.25, -0.2) is 4.79 Å². The molecule has 1 aliphatic rings. The third-order valence-corrected chi connectivity index (χ3v) is 4.47. The Morgan fingerprint density at radius 3 is 2.56 bits per heavy atom. The fourth-order valence-corrected chi connectivity index (χ4v) is 3.03. The zero-order valence-corrected chi connectivity index (χ0v) is 15.4. The molecule has 1 aliphatic carbocycles. The Labute approximate surface area is 157 Å². The summed E-state index contributed by atoms with van der Waals surface area (Å²) in [5, 5.41) is 2.18. The summed E-state index contributed by atoms with van der Waals surface area (Å²) in [7, 11) is 0. The molecule has 1 aromatic carbocycles. The predicted octanol–water partition coefficient (Wildman–Crippen LogP) is 2.95. The lowest BCUT2D eigenvalue weighted by Gasteiger charge is -2.06. The number of benzene rings is 1. The van der Waals surface area contributed by atoms with Crippen LogP contribution < -0.4 is 5.32 Å². The Morgan fingerprint density at radius 1 is 1.19 bits per heavy atom. The van der Waals surface area contributed by atoms with Crippen LogP contribution in [0.2, 0.25) is 0 Å². The molecule has 0 atom stereocenters. The molecule has 1 heterocycles. The van der Waals surface area contributed by atoms with E-state index < -0.39 is 24.4 Å². The summed E-state index contributed by atoms with van der Waals surface area (Å²) in [4.78, 5) is 35.5. The number of aryl methyl sites for hydroxylation is 1. The summed E-state index contributed by atoms with van der Waals surface area (Å²) in [6.07, 6.45) is 5.37. The molecule has 0 bridgehead atoms. The number of ether oxygens (including phenoxy) is 1. The van der Waals surface area contributed by atoms with Crippen molar-refractivity contribution in [2.45, 2.75) is 32.7 Å². The molecular formula is C21H22N2O4. The van der Waals surface area contributed by atoms with E-state index in [9.17, 15) is 14.4 Å². The first-order valence-corrected chi connectivity index (χ1v) is 8.88. The fourth-order valence-electron chi connectivity index (χ4n) is 3.03. The van der Waals surface area contributed by atoms with Gasteiger partial charge in [-0.1, -0.05) is 18.2 Å². The maximum absolute atomic E-state index is 11.9. The number of rotatable bonds is 6. The SMILES string of the molecule is Cc1cc(/C=C/C(=O)OCC(=O)NC(=O)c2ccccc2)c(C)n1C1CC1. The molecule has 3 rings (SSSR count). The number of esters is 1. The lowest BCUT2D eigenvalue weighted by atomic mass is 10.2. The first-order chi connectivity index (χ1) is 13.0. The molecule has 6 nitrogen and oxygen atoms in total. The van der Waals surface area contributed by atoms with Crippen LogP contribution >= 0.6 is 0 Å². The second kappa shape index (κ2) is 8.03. The van der Waals surface area contributed by atoms with E-state index in [0.717, 1.165) is 11.3 Å². The van der Waals surface area contributed by atoms with Gasteiger partial charge in [0.25, 0.3) is 11.8 Å². The molecule has 0 saturated heterocycles. The zero-order chi connectivity index (χ0) is 19.4. The highest BCUT2D eigenvalue weighted by atomic mass is 16.5. The minimum atomic E-state index is -0.669. The van der Waals surface area contributed by atoms with Crippen LogP contribution in [0.4, 0.5) is 0 Å². The Bertz CT molecular complexity index is 892. The van der Waals surface area contributed by atoms with Crippen molar-refractivity contribution >= 4 is 23.9 Å². The van der Waals surface area contributed by atoms with E-state index in [4.69, 9.17) is 4.74 Å². The van der Waals surface area contributed by atoms with Crippen LogP contribution in [0, 0.1) is 13.8 Å². The molecule has 1 fully saturated rings. The van der Waals surface area contributed by atoms with Crippen LogP contribution in [-0.2, 0) is 14.3 Å². The van der Waals surface area contributed by atoms with Crippen molar-refractivity contribution in [1.29, 1.82) is 0 Å². The van der Waals surface area contributed by atoms with Crippen molar-refractivity contribution in [1.82, 2.24) is 9.88 Å². The number of carbonyl (C=O) groups excluding carboxylic acids is 3. The Kier molecular flexibility index (Phi) is 5.54. The molecule has 0 aliphatic heterocycles. The lowest BCUT2D eigenvalue weighted by Crippen LogP contribution is -2.33. The quantitative estimate of drug-likeness (QED) is 0.630. The molecule has 0 radical (unpaired) electrons. The monoisotopic (exact) mass is 366 g/mol. The van der Waals surface area contributed by atoms with Crippen molar-refractivity contribution in [2.24, 2.45) is 0 Å². The average molecular weight is 366 g/mol. The number of nitrogens with one attached hydrogen (secondary N) is 1. The molecule has 27 heavy (non-hydrogen) atoms. The van der Waals surface area contributed by atoms with Gasteiger partial charge >= 0.3 is 5.97 Å². The number of hydrogen-bond acceptors (Lipinski definition) is 4. The maximum atomic E-state index is 11.9. The molecule has 2 amide bonds. The van der Waals surface area contributed by atoms with Crippen molar-refractivity contribution < 1.29 is 19.1 Å². The van der Waals surface area contributed by atoms with Crippen LogP contribution in [-0.4, -0.2) is 29.0 Å². The summed E-state index contributed by atoms with van der Waals surface area (Å²) < 4.78 is 7.19. The molecule has 6 heteroatoms. The van der Waals surface area contributed by atoms with Crippen LogP contribution in [0.25, 0.3) is 6.08 Å². The first-order valence-electron chi connectivity index (χ1n) is 8.88. The Balaban J connectivity index is 1.49. The second-order valence-corrected chi connectivity index (χ2v) is 6.61. The van der Waals surface area contributed by atoms with Gasteiger partial charge in [-0.15, -0.1) is 0 Å². The van der Waals surface area contributed by atoms with E-state index in [1.54, 1.807) is 36.4 Å². The van der Waals surface area contributed by atoms with E-state index in [1.807, 2.05) is 13.0 Å². The second-order valence-electron chi connectivity index (χ2n) is 6.61. The molecule has 1 saturated carbocycles. The molecule has 2 aromatic rings. The van der Waals surface area contributed by atoms with Crippen molar-refractivity contribution in [2.75, 3.05) is 6.61 Å². The number of amides is 2. The first kappa shape index (κ1) is 18.6. The predicted molar refractivity (Wildman–Crippen MR) is 101 cm³/mol. The highest BCUT2D eigenvalue weighted by molar-refractivity contribution is 6.05. The minimum Gasteiger partial charge on any atom is -0.452 e. The average Bonchev–Trinajstić information content (AvgIpc) is 3.44. The summed E-state index contributed by atoms with van der Waals surface area (Å²) in [5.41, 5.74) is 3.61. The summed E-state index contributed by atoms with van der Waals surface area (Å²) in [6, 6.07) is 11.0. The highest BCUT2D eigenvalue weighted by Gasteiger charge is 2.26. The summed E-state index contributed by atoms with van der Waals surface area (Å²) >= 11 is 0. The van der Waals surface area contributed by atoms with Crippen LogP contribution in [0.5, 0.6) is 0 Å². The Morgan fingerprint density at radius 2 is 1.89 bits per heavy atom. The van der Waals surface area contributed by atoms with E-state index in [0.29, 0.717) is 11.6 Å². The number of nitrogens with zero attached hydrogens (tertiary/aromatic N) is 1. The van der Waals surface area contributed by atoms with Gasteiger partial charge in [-0.2, -0.15) is 0 Å². The van der Waals surface area contributed by atoms with E-state index in [2.05, 4.69) is 16.8 Å². The third-order valence-electron chi connectivity index (χ3n) is 4.47. The van der Waals surface area contributed by atoms with Gasteiger partial charge in [0, 0.05) is 29.1 Å². The molecule has 1 N–H and O–H groups in total. The van der Waals surface area contributed by atoms with Crippen LogP contribution in [0.3, 0.4) is 0 Å². The largest absolute Gasteiger partial charge is 0.452 e. The van der Waals surface area contributed by atoms with Gasteiger partial charge < -0.3 is 9.30 Å². The van der Waals surface area contributed by atoms with E-state index >= 15 is 0 Å². The smallest absolute Gasteiger partial charge is 0.331 e. The van der Waals surface area contributed by atoms with Crippen molar-refractivity contribution in [3.63, 3.8) is 0 Å². The molecule has 0 unspecified atom stereocenters. The molecule has 1 aromatic heterocycles. The number of hydrogen-bond donors (Lipinski definition) is 1. The normalized spacial score (nSPS) is 13.6. The minimum absolute atomic E-state index is 0.364. The molecule has 140 valence electrons. The van der Waals surface area contributed by atoms with Gasteiger partial charge in [0.2, 0.25) is 0 Å². The van der Waals surface area contributed by atoms with Crippen molar-refractivity contribution in [3.05, 3.63) is 65.0 Å². The van der Waals surface area contributed by atoms with Crippen LogP contribution in [0.1, 0.15) is 46.2 Å². The number of aromatic nitrogens is 1. The van der Waals surface area contributed by atoms with Gasteiger partial charge in [-0.3, -0.25) is 14.9 Å². The van der Waals surface area contributed by atoms with Gasteiger partial charge in [0.05, 0.1) is 0 Å². The number of carbonyl (C=O) groups is 3. The lowest BCUT2D eigenvalue weighted by molar-refractivity contribution is -0.143. The van der Waals surface area contributed by atoms with Crippen molar-refractivity contribution in [3.8, 4) is 0 Å². The maximum Gasteiger partial charge on any atom is 0.331 e. The van der Waals surface area contributed by atoms with Gasteiger partial charge in [-0.05, 0) is 56.5 Å². The van der Waals surface area contributed by atoms with E-state index in [-0.39, 0.29) is 0 Å². The standard InChI is InChI=1S/C21H22N2O4/c1-14-12-17(15(2)23(14)18-9-10-18)8-11-20(25)27-13-19(24)22-21(26)16-6-4-3-5-7-16/h3-8,11-12,18H,9-10,13H2,1-2H3,(H,22,24,26)/b11-8+.